The number of carbonyl (C=O) groups excluding carboxylic acids is 1. The number of thiocarbonyl (C=S) groups is 1. The number of furan rings is 1. The normalized spacial score (nSPS) is 15.7. The van der Waals surface area contributed by atoms with Crippen molar-refractivity contribution in [1.82, 2.24) is 0 Å². The first-order valence-corrected chi connectivity index (χ1v) is 9.99. The zero-order valence-electron chi connectivity index (χ0n) is 14.0. The van der Waals surface area contributed by atoms with Gasteiger partial charge in [-0.1, -0.05) is 53.2 Å². The Balaban J connectivity index is 1.62. The van der Waals surface area contributed by atoms with Gasteiger partial charge in [0.1, 0.15) is 17.3 Å². The number of anilines is 1. The summed E-state index contributed by atoms with van der Waals surface area (Å²) in [5.41, 5.74) is 1.08. The lowest BCUT2D eigenvalue weighted by Gasteiger charge is -2.14. The van der Waals surface area contributed by atoms with Crippen LogP contribution < -0.4 is 4.90 Å². The summed E-state index contributed by atoms with van der Waals surface area (Å²) in [7, 11) is 0. The van der Waals surface area contributed by atoms with E-state index in [0.717, 1.165) is 11.8 Å². The molecule has 0 unspecified atom stereocenters. The minimum absolute atomic E-state index is 0.328. The molecule has 0 aliphatic carbocycles. The molecular weight excluding hydrogens is 440 g/mol. The van der Waals surface area contributed by atoms with Gasteiger partial charge < -0.3 is 4.42 Å². The Morgan fingerprint density at radius 1 is 1.11 bits per heavy atom. The van der Waals surface area contributed by atoms with E-state index in [1.165, 1.54) is 23.1 Å². The molecule has 2 aromatic carbocycles. The summed E-state index contributed by atoms with van der Waals surface area (Å²) in [6, 6.07) is 14.3. The fraction of sp³-hybridized carbons (Fsp3) is 0. The van der Waals surface area contributed by atoms with Gasteiger partial charge in [-0.25, -0.2) is 4.39 Å². The van der Waals surface area contributed by atoms with Crippen molar-refractivity contribution in [3.05, 3.63) is 81.1 Å². The van der Waals surface area contributed by atoms with Gasteiger partial charge in [0.2, 0.25) is 0 Å². The molecule has 1 fully saturated rings. The van der Waals surface area contributed by atoms with E-state index in [-0.39, 0.29) is 5.91 Å². The molecule has 1 aliphatic heterocycles. The van der Waals surface area contributed by atoms with Crippen LogP contribution in [0.4, 0.5) is 10.1 Å². The van der Waals surface area contributed by atoms with E-state index >= 15 is 0 Å². The first-order chi connectivity index (χ1) is 13.4. The van der Waals surface area contributed by atoms with Gasteiger partial charge in [-0.15, -0.1) is 0 Å². The average Bonchev–Trinajstić information content (AvgIpc) is 3.20. The quantitative estimate of drug-likeness (QED) is 0.325. The third kappa shape index (κ3) is 3.73. The van der Waals surface area contributed by atoms with Crippen molar-refractivity contribution < 1.29 is 13.6 Å². The lowest BCUT2D eigenvalue weighted by molar-refractivity contribution is -0.113. The third-order valence-corrected chi connectivity index (χ3v) is 5.81. The van der Waals surface area contributed by atoms with Crippen molar-refractivity contribution >= 4 is 69.2 Å². The standard InChI is InChI=1S/C20H10Cl2FNO2S2/c21-11-4-6-15(16(22)8-11)17-7-5-14(26-17)10-18-19(25)24(20(27)28-18)13-3-1-2-12(23)9-13/h1-10H. The smallest absolute Gasteiger partial charge is 0.270 e. The number of hydrogen-bond acceptors (Lipinski definition) is 4. The maximum atomic E-state index is 13.5. The molecule has 1 amide bonds. The third-order valence-electron chi connectivity index (χ3n) is 3.96. The van der Waals surface area contributed by atoms with Gasteiger partial charge in [-0.05, 0) is 48.5 Å². The molecule has 1 saturated heterocycles. The minimum atomic E-state index is -0.439. The number of nitrogens with zero attached hydrogens (tertiary/aromatic N) is 1. The van der Waals surface area contributed by atoms with Crippen LogP contribution in [-0.2, 0) is 4.79 Å². The number of rotatable bonds is 3. The van der Waals surface area contributed by atoms with Crippen molar-refractivity contribution in [2.45, 2.75) is 0 Å². The van der Waals surface area contributed by atoms with Crippen molar-refractivity contribution in [3.8, 4) is 11.3 Å². The highest BCUT2D eigenvalue weighted by molar-refractivity contribution is 8.27. The van der Waals surface area contributed by atoms with Crippen molar-refractivity contribution in [2.24, 2.45) is 0 Å². The van der Waals surface area contributed by atoms with E-state index < -0.39 is 5.82 Å². The van der Waals surface area contributed by atoms with E-state index in [1.807, 2.05) is 0 Å². The van der Waals surface area contributed by atoms with Gasteiger partial charge >= 0.3 is 0 Å². The number of halogens is 3. The van der Waals surface area contributed by atoms with Crippen LogP contribution in [0.5, 0.6) is 0 Å². The Kier molecular flexibility index (Phi) is 5.29. The molecule has 2 heterocycles. The van der Waals surface area contributed by atoms with Crippen LogP contribution in [0.1, 0.15) is 5.76 Å². The number of carbonyl (C=O) groups is 1. The molecular formula is C20H10Cl2FNO2S2. The number of thioether (sulfide) groups is 1. The summed E-state index contributed by atoms with van der Waals surface area (Å²) < 4.78 is 19.6. The molecule has 28 heavy (non-hydrogen) atoms. The first kappa shape index (κ1) is 19.2. The molecule has 0 N–H and O–H groups in total. The van der Waals surface area contributed by atoms with Gasteiger partial charge in [0.05, 0.1) is 15.6 Å². The van der Waals surface area contributed by atoms with Crippen LogP contribution in [0.25, 0.3) is 17.4 Å². The van der Waals surface area contributed by atoms with Gasteiger partial charge in [-0.2, -0.15) is 0 Å². The topological polar surface area (TPSA) is 33.5 Å². The van der Waals surface area contributed by atoms with Crippen LogP contribution >= 0.6 is 47.2 Å². The number of benzene rings is 2. The Morgan fingerprint density at radius 2 is 1.93 bits per heavy atom. The van der Waals surface area contributed by atoms with Gasteiger partial charge in [0, 0.05) is 16.7 Å². The Hall–Kier alpha value is -2.12. The average molecular weight is 450 g/mol. The highest BCUT2D eigenvalue weighted by Gasteiger charge is 2.33. The molecule has 0 saturated carbocycles. The second kappa shape index (κ2) is 7.72. The molecule has 3 aromatic rings. The van der Waals surface area contributed by atoms with Crippen LogP contribution in [0.2, 0.25) is 10.0 Å². The predicted molar refractivity (Wildman–Crippen MR) is 116 cm³/mol. The number of amides is 1. The SMILES string of the molecule is O=C1C(=Cc2ccc(-c3ccc(Cl)cc3Cl)o2)SC(=S)N1c1cccc(F)c1. The molecule has 0 atom stereocenters. The summed E-state index contributed by atoms with van der Waals surface area (Å²) in [6.45, 7) is 0. The summed E-state index contributed by atoms with van der Waals surface area (Å²) in [6.07, 6.45) is 1.60. The van der Waals surface area contributed by atoms with E-state index in [1.54, 1.807) is 42.5 Å². The molecule has 0 bridgehead atoms. The van der Waals surface area contributed by atoms with E-state index in [0.29, 0.717) is 42.0 Å². The maximum absolute atomic E-state index is 13.5. The highest BCUT2D eigenvalue weighted by Crippen LogP contribution is 2.37. The zero-order chi connectivity index (χ0) is 19.8. The van der Waals surface area contributed by atoms with E-state index in [9.17, 15) is 9.18 Å². The van der Waals surface area contributed by atoms with Crippen molar-refractivity contribution in [1.29, 1.82) is 0 Å². The molecule has 140 valence electrons. The van der Waals surface area contributed by atoms with Crippen LogP contribution in [0.3, 0.4) is 0 Å². The minimum Gasteiger partial charge on any atom is -0.457 e. The van der Waals surface area contributed by atoms with Crippen molar-refractivity contribution in [2.75, 3.05) is 4.90 Å². The fourth-order valence-electron chi connectivity index (χ4n) is 2.70. The molecule has 4 rings (SSSR count). The number of hydrogen-bond donors (Lipinski definition) is 0. The summed E-state index contributed by atoms with van der Waals surface area (Å²) >= 11 is 18.6. The van der Waals surface area contributed by atoms with Gasteiger partial charge in [-0.3, -0.25) is 9.69 Å². The molecule has 1 aliphatic rings. The van der Waals surface area contributed by atoms with Crippen LogP contribution in [-0.4, -0.2) is 10.2 Å². The Morgan fingerprint density at radius 3 is 2.68 bits per heavy atom. The lowest BCUT2D eigenvalue weighted by atomic mass is 10.2. The summed E-state index contributed by atoms with van der Waals surface area (Å²) in [5.74, 6) is 0.253. The molecule has 3 nitrogen and oxygen atoms in total. The summed E-state index contributed by atoms with van der Waals surface area (Å²) in [5, 5.41) is 0.993. The molecule has 0 radical (unpaired) electrons. The Labute approximate surface area is 179 Å². The largest absolute Gasteiger partial charge is 0.457 e. The second-order valence-corrected chi connectivity index (χ2v) is 8.34. The summed E-state index contributed by atoms with van der Waals surface area (Å²) in [4.78, 5) is 14.4. The van der Waals surface area contributed by atoms with Crippen LogP contribution in [0.15, 0.2) is 63.9 Å². The zero-order valence-corrected chi connectivity index (χ0v) is 17.1. The van der Waals surface area contributed by atoms with Gasteiger partial charge in [0.25, 0.3) is 5.91 Å². The van der Waals surface area contributed by atoms with E-state index in [2.05, 4.69) is 0 Å². The molecule has 0 spiro atoms. The lowest BCUT2D eigenvalue weighted by Crippen LogP contribution is -2.27. The van der Waals surface area contributed by atoms with Crippen LogP contribution in [0, 0.1) is 5.82 Å². The first-order valence-electron chi connectivity index (χ1n) is 8.01. The molecule has 1 aromatic heterocycles. The maximum Gasteiger partial charge on any atom is 0.270 e. The second-order valence-electron chi connectivity index (χ2n) is 5.82. The van der Waals surface area contributed by atoms with E-state index in [4.69, 9.17) is 39.8 Å². The van der Waals surface area contributed by atoms with Crippen molar-refractivity contribution in [3.63, 3.8) is 0 Å². The monoisotopic (exact) mass is 449 g/mol. The Bertz CT molecular complexity index is 1140. The molecule has 8 heteroatoms. The van der Waals surface area contributed by atoms with Gasteiger partial charge in [0.15, 0.2) is 4.32 Å². The fourth-order valence-corrected chi connectivity index (χ4v) is 4.48. The highest BCUT2D eigenvalue weighted by atomic mass is 35.5. The predicted octanol–water partition coefficient (Wildman–Crippen LogP) is 6.80.